The van der Waals surface area contributed by atoms with E-state index in [1.54, 1.807) is 24.3 Å². The molecule has 146 valence electrons. The zero-order valence-corrected chi connectivity index (χ0v) is 15.6. The van der Waals surface area contributed by atoms with E-state index in [0.29, 0.717) is 18.0 Å². The van der Waals surface area contributed by atoms with Crippen LogP contribution in [0.25, 0.3) is 0 Å². The molecule has 1 heterocycles. The van der Waals surface area contributed by atoms with Gasteiger partial charge in [-0.2, -0.15) is 0 Å². The highest BCUT2D eigenvalue weighted by Gasteiger charge is 2.39. The van der Waals surface area contributed by atoms with Crippen LogP contribution in [0.5, 0.6) is 5.75 Å². The maximum Gasteiger partial charge on any atom is 0.311 e. The van der Waals surface area contributed by atoms with Crippen LogP contribution in [-0.4, -0.2) is 49.0 Å². The van der Waals surface area contributed by atoms with Crippen molar-refractivity contribution >= 4 is 23.5 Å². The molecule has 0 aromatic heterocycles. The summed E-state index contributed by atoms with van der Waals surface area (Å²) in [6.07, 6.45) is 5.66. The van der Waals surface area contributed by atoms with Crippen LogP contribution in [0.4, 0.5) is 5.69 Å². The Morgan fingerprint density at radius 3 is 2.67 bits per heavy atom. The third-order valence-electron chi connectivity index (χ3n) is 5.23. The van der Waals surface area contributed by atoms with Crippen LogP contribution >= 0.6 is 0 Å². The fourth-order valence-corrected chi connectivity index (χ4v) is 3.82. The van der Waals surface area contributed by atoms with Gasteiger partial charge in [0.15, 0.2) is 6.61 Å². The number of para-hydroxylation sites is 2. The average Bonchev–Trinajstić information content (AvgIpc) is 3.09. The summed E-state index contributed by atoms with van der Waals surface area (Å²) in [4.78, 5) is 38.4. The Labute approximate surface area is 159 Å². The maximum absolute atomic E-state index is 12.3. The van der Waals surface area contributed by atoms with Gasteiger partial charge in [-0.1, -0.05) is 31.4 Å². The van der Waals surface area contributed by atoms with Crippen molar-refractivity contribution in [2.24, 2.45) is 5.92 Å². The smallest absolute Gasteiger partial charge is 0.311 e. The predicted octanol–water partition coefficient (Wildman–Crippen LogP) is 2.36. The first-order valence-corrected chi connectivity index (χ1v) is 9.47. The topological polar surface area (TPSA) is 84.9 Å². The molecule has 1 saturated heterocycles. The van der Waals surface area contributed by atoms with Crippen molar-refractivity contribution in [1.82, 2.24) is 4.90 Å². The van der Waals surface area contributed by atoms with E-state index in [1.165, 1.54) is 13.5 Å². The molecule has 3 rings (SSSR count). The Morgan fingerprint density at radius 1 is 1.19 bits per heavy atom. The summed E-state index contributed by atoms with van der Waals surface area (Å²) < 4.78 is 10.3. The van der Waals surface area contributed by atoms with Gasteiger partial charge in [0.1, 0.15) is 5.75 Å². The molecular weight excluding hydrogens is 348 g/mol. The predicted molar refractivity (Wildman–Crippen MR) is 99.3 cm³/mol. The first kappa shape index (κ1) is 19.2. The van der Waals surface area contributed by atoms with Crippen molar-refractivity contribution in [1.29, 1.82) is 0 Å². The van der Waals surface area contributed by atoms with Gasteiger partial charge < -0.3 is 19.7 Å². The van der Waals surface area contributed by atoms with Crippen molar-refractivity contribution in [2.75, 3.05) is 25.6 Å². The Hall–Kier alpha value is -2.57. The van der Waals surface area contributed by atoms with Crippen LogP contribution in [0.1, 0.15) is 38.5 Å². The molecule has 7 nitrogen and oxygen atoms in total. The number of nitrogens with one attached hydrogen (secondary N) is 1. The van der Waals surface area contributed by atoms with E-state index in [2.05, 4.69) is 5.32 Å². The molecule has 0 bridgehead atoms. The average molecular weight is 374 g/mol. The number of nitrogens with zero attached hydrogens (tertiary/aromatic N) is 1. The highest BCUT2D eigenvalue weighted by atomic mass is 16.5. The molecule has 0 spiro atoms. The number of methoxy groups -OCH3 is 1. The lowest BCUT2D eigenvalue weighted by Crippen LogP contribution is -2.38. The highest BCUT2D eigenvalue weighted by Crippen LogP contribution is 2.29. The van der Waals surface area contributed by atoms with Gasteiger partial charge in [0, 0.05) is 19.0 Å². The number of benzene rings is 1. The number of carbonyl (C=O) groups is 3. The van der Waals surface area contributed by atoms with Crippen molar-refractivity contribution < 1.29 is 23.9 Å². The second kappa shape index (κ2) is 8.88. The van der Waals surface area contributed by atoms with Crippen LogP contribution in [-0.2, 0) is 19.1 Å². The van der Waals surface area contributed by atoms with Gasteiger partial charge in [0.05, 0.1) is 18.7 Å². The summed E-state index contributed by atoms with van der Waals surface area (Å²) in [5.41, 5.74) is 0.514. The van der Waals surface area contributed by atoms with Gasteiger partial charge in [0.2, 0.25) is 5.91 Å². The molecule has 1 saturated carbocycles. The normalized spacial score (nSPS) is 20.4. The zero-order valence-electron chi connectivity index (χ0n) is 15.6. The first-order chi connectivity index (χ1) is 13.1. The van der Waals surface area contributed by atoms with Crippen LogP contribution < -0.4 is 10.1 Å². The second-order valence-corrected chi connectivity index (χ2v) is 7.10. The second-order valence-electron chi connectivity index (χ2n) is 7.10. The van der Waals surface area contributed by atoms with Crippen LogP contribution in [0.15, 0.2) is 24.3 Å². The SMILES string of the molecule is COc1ccccc1NC(=O)COC(=O)[C@@H]1CC(=O)N(C2CCCCC2)C1. The van der Waals surface area contributed by atoms with Crippen LogP contribution in [0, 0.1) is 5.92 Å². The number of hydrogen-bond donors (Lipinski definition) is 1. The third kappa shape index (κ3) is 4.78. The van der Waals surface area contributed by atoms with Crippen LogP contribution in [0.3, 0.4) is 0 Å². The standard InChI is InChI=1S/C20H26N2O5/c1-26-17-10-6-5-9-16(17)21-18(23)13-27-20(25)14-11-19(24)22(12-14)15-7-3-2-4-8-15/h5-6,9-10,14-15H,2-4,7-8,11-13H2,1H3,(H,21,23)/t14-/m1/s1. The summed E-state index contributed by atoms with van der Waals surface area (Å²) in [6.45, 7) is 0.0153. The highest BCUT2D eigenvalue weighted by molar-refractivity contribution is 5.94. The van der Waals surface area contributed by atoms with E-state index in [4.69, 9.17) is 9.47 Å². The molecule has 1 aliphatic carbocycles. The summed E-state index contributed by atoms with van der Waals surface area (Å²) in [7, 11) is 1.51. The van der Waals surface area contributed by atoms with E-state index in [9.17, 15) is 14.4 Å². The van der Waals surface area contributed by atoms with E-state index >= 15 is 0 Å². The van der Waals surface area contributed by atoms with Crippen molar-refractivity contribution in [3.8, 4) is 5.75 Å². The first-order valence-electron chi connectivity index (χ1n) is 9.47. The molecule has 0 unspecified atom stereocenters. The fourth-order valence-electron chi connectivity index (χ4n) is 3.82. The van der Waals surface area contributed by atoms with Gasteiger partial charge in [-0.15, -0.1) is 0 Å². The monoisotopic (exact) mass is 374 g/mol. The molecule has 2 aliphatic rings. The van der Waals surface area contributed by atoms with E-state index in [1.807, 2.05) is 4.90 Å². The lowest BCUT2D eigenvalue weighted by molar-refractivity contribution is -0.151. The molecule has 0 radical (unpaired) electrons. The number of likely N-dealkylation sites (tertiary alicyclic amines) is 1. The van der Waals surface area contributed by atoms with Gasteiger partial charge in [-0.3, -0.25) is 14.4 Å². The molecule has 1 aliphatic heterocycles. The van der Waals surface area contributed by atoms with E-state index < -0.39 is 17.8 Å². The number of hydrogen-bond acceptors (Lipinski definition) is 5. The fraction of sp³-hybridized carbons (Fsp3) is 0.550. The Bertz CT molecular complexity index is 699. The summed E-state index contributed by atoms with van der Waals surface area (Å²) in [6, 6.07) is 7.25. The molecule has 1 N–H and O–H groups in total. The van der Waals surface area contributed by atoms with Crippen molar-refractivity contribution in [3.05, 3.63) is 24.3 Å². The van der Waals surface area contributed by atoms with Crippen molar-refractivity contribution in [2.45, 2.75) is 44.6 Å². The molecule has 2 amide bonds. The minimum Gasteiger partial charge on any atom is -0.495 e. The molecular formula is C20H26N2O5. The third-order valence-corrected chi connectivity index (χ3v) is 5.23. The molecule has 1 aromatic carbocycles. The van der Waals surface area contributed by atoms with Crippen LogP contribution in [0.2, 0.25) is 0 Å². The quantitative estimate of drug-likeness (QED) is 0.773. The molecule has 2 fully saturated rings. The van der Waals surface area contributed by atoms with Gasteiger partial charge in [-0.05, 0) is 25.0 Å². The van der Waals surface area contributed by atoms with E-state index in [-0.39, 0.29) is 25.0 Å². The van der Waals surface area contributed by atoms with Gasteiger partial charge in [-0.25, -0.2) is 0 Å². The zero-order chi connectivity index (χ0) is 19.2. The lowest BCUT2D eigenvalue weighted by Gasteiger charge is -2.31. The number of anilines is 1. The number of rotatable bonds is 6. The van der Waals surface area contributed by atoms with Crippen molar-refractivity contribution in [3.63, 3.8) is 0 Å². The van der Waals surface area contributed by atoms with Gasteiger partial charge in [0.25, 0.3) is 5.91 Å². The number of esters is 1. The molecule has 1 atom stereocenters. The lowest BCUT2D eigenvalue weighted by atomic mass is 9.94. The Morgan fingerprint density at radius 2 is 1.93 bits per heavy atom. The Balaban J connectivity index is 1.47. The summed E-state index contributed by atoms with van der Waals surface area (Å²) in [5.74, 6) is -0.874. The number of ether oxygens (including phenoxy) is 2. The summed E-state index contributed by atoms with van der Waals surface area (Å²) in [5, 5.41) is 2.66. The minimum absolute atomic E-state index is 0.0160. The Kier molecular flexibility index (Phi) is 6.32. The molecule has 7 heteroatoms. The minimum atomic E-state index is -0.489. The maximum atomic E-state index is 12.3. The number of carbonyl (C=O) groups excluding carboxylic acids is 3. The molecule has 1 aromatic rings. The van der Waals surface area contributed by atoms with Gasteiger partial charge >= 0.3 is 5.97 Å². The molecule has 27 heavy (non-hydrogen) atoms. The largest absolute Gasteiger partial charge is 0.495 e. The van der Waals surface area contributed by atoms with E-state index in [0.717, 1.165) is 25.7 Å². The number of amides is 2. The summed E-state index contributed by atoms with van der Waals surface area (Å²) >= 11 is 0.